The lowest BCUT2D eigenvalue weighted by Crippen LogP contribution is -2.16. The third-order valence-electron chi connectivity index (χ3n) is 2.07. The van der Waals surface area contributed by atoms with Crippen LogP contribution < -0.4 is 5.32 Å². The van der Waals surface area contributed by atoms with Gasteiger partial charge in [0.2, 0.25) is 0 Å². The molecule has 82 valence electrons. The topological polar surface area (TPSA) is 55.2 Å². The molecule has 0 aromatic heterocycles. The molecular formula is C10H13BrN2O2. The second kappa shape index (κ2) is 5.82. The van der Waals surface area contributed by atoms with Crippen LogP contribution >= 0.6 is 15.9 Å². The van der Waals surface area contributed by atoms with Crippen LogP contribution in [-0.2, 0) is 6.42 Å². The van der Waals surface area contributed by atoms with Gasteiger partial charge in [-0.25, -0.2) is 0 Å². The summed E-state index contributed by atoms with van der Waals surface area (Å²) in [5.74, 6) is 0. The number of nitrogens with one attached hydrogen (secondary N) is 1. The molecule has 0 amide bonds. The molecule has 0 fully saturated rings. The van der Waals surface area contributed by atoms with Gasteiger partial charge in [0.1, 0.15) is 0 Å². The Labute approximate surface area is 97.0 Å². The van der Waals surface area contributed by atoms with Crippen molar-refractivity contribution in [3.63, 3.8) is 0 Å². The second-order valence-electron chi connectivity index (χ2n) is 3.13. The van der Waals surface area contributed by atoms with E-state index >= 15 is 0 Å². The fourth-order valence-corrected chi connectivity index (χ4v) is 1.67. The number of hydrogen-bond acceptors (Lipinski definition) is 3. The summed E-state index contributed by atoms with van der Waals surface area (Å²) in [6, 6.07) is 5.16. The number of nitro groups is 1. The van der Waals surface area contributed by atoms with Crippen molar-refractivity contribution in [2.45, 2.75) is 13.3 Å². The third-order valence-corrected chi connectivity index (χ3v) is 2.56. The van der Waals surface area contributed by atoms with E-state index in [-0.39, 0.29) is 10.6 Å². The van der Waals surface area contributed by atoms with E-state index < -0.39 is 0 Å². The van der Waals surface area contributed by atoms with Crippen LogP contribution in [0.5, 0.6) is 0 Å². The summed E-state index contributed by atoms with van der Waals surface area (Å²) in [4.78, 5) is 10.4. The summed E-state index contributed by atoms with van der Waals surface area (Å²) in [7, 11) is 0. The van der Waals surface area contributed by atoms with E-state index in [1.54, 1.807) is 12.1 Å². The van der Waals surface area contributed by atoms with E-state index in [1.807, 2.05) is 13.0 Å². The molecule has 5 heteroatoms. The van der Waals surface area contributed by atoms with Crippen molar-refractivity contribution in [3.8, 4) is 0 Å². The lowest BCUT2D eigenvalue weighted by Gasteiger charge is -2.03. The Kier molecular flexibility index (Phi) is 4.71. The lowest BCUT2D eigenvalue weighted by atomic mass is 10.1. The van der Waals surface area contributed by atoms with E-state index in [1.165, 1.54) is 0 Å². The molecule has 0 saturated carbocycles. The molecule has 15 heavy (non-hydrogen) atoms. The zero-order chi connectivity index (χ0) is 11.3. The summed E-state index contributed by atoms with van der Waals surface area (Å²) < 4.78 is 0.737. The number of nitrogens with zero attached hydrogens (tertiary/aromatic N) is 1. The molecule has 4 nitrogen and oxygen atoms in total. The molecule has 0 aliphatic heterocycles. The number of hydrogen-bond donors (Lipinski definition) is 1. The van der Waals surface area contributed by atoms with Gasteiger partial charge in [-0.15, -0.1) is 0 Å². The van der Waals surface area contributed by atoms with Crippen LogP contribution in [0.2, 0.25) is 0 Å². The predicted octanol–water partition coefficient (Wildman–Crippen LogP) is 2.51. The van der Waals surface area contributed by atoms with Crippen molar-refractivity contribution in [1.82, 2.24) is 5.32 Å². The highest BCUT2D eigenvalue weighted by atomic mass is 79.9. The van der Waals surface area contributed by atoms with Gasteiger partial charge in [0.05, 0.1) is 4.92 Å². The number of nitro benzene ring substituents is 1. The van der Waals surface area contributed by atoms with Crippen molar-refractivity contribution in [2.75, 3.05) is 13.1 Å². The van der Waals surface area contributed by atoms with Gasteiger partial charge in [-0.3, -0.25) is 10.1 Å². The van der Waals surface area contributed by atoms with Crippen LogP contribution in [0, 0.1) is 10.1 Å². The SMILES string of the molecule is CCNCCc1ccc(Br)cc1[N+](=O)[O-]. The van der Waals surface area contributed by atoms with E-state index in [9.17, 15) is 10.1 Å². The van der Waals surface area contributed by atoms with Crippen molar-refractivity contribution >= 4 is 21.6 Å². The summed E-state index contributed by atoms with van der Waals surface area (Å²) >= 11 is 3.23. The smallest absolute Gasteiger partial charge is 0.273 e. The fraction of sp³-hybridized carbons (Fsp3) is 0.400. The lowest BCUT2D eigenvalue weighted by molar-refractivity contribution is -0.385. The maximum Gasteiger partial charge on any atom is 0.273 e. The minimum absolute atomic E-state index is 0.183. The number of benzene rings is 1. The summed E-state index contributed by atoms with van der Waals surface area (Å²) in [5.41, 5.74) is 0.950. The highest BCUT2D eigenvalue weighted by Crippen LogP contribution is 2.23. The van der Waals surface area contributed by atoms with Crippen LogP contribution in [0.3, 0.4) is 0 Å². The van der Waals surface area contributed by atoms with E-state index in [0.29, 0.717) is 6.42 Å². The zero-order valence-electron chi connectivity index (χ0n) is 8.50. The minimum Gasteiger partial charge on any atom is -0.317 e. The van der Waals surface area contributed by atoms with Gasteiger partial charge in [-0.1, -0.05) is 28.9 Å². The summed E-state index contributed by atoms with van der Waals surface area (Å²) in [6.45, 7) is 3.65. The van der Waals surface area contributed by atoms with Gasteiger partial charge in [0.15, 0.2) is 0 Å². The average molecular weight is 273 g/mol. The molecule has 0 aliphatic carbocycles. The van der Waals surface area contributed by atoms with Gasteiger partial charge < -0.3 is 5.32 Å². The molecule has 0 bridgehead atoms. The van der Waals surface area contributed by atoms with Gasteiger partial charge in [-0.05, 0) is 25.6 Å². The van der Waals surface area contributed by atoms with Crippen LogP contribution in [0.1, 0.15) is 12.5 Å². The van der Waals surface area contributed by atoms with Crippen LogP contribution in [0.15, 0.2) is 22.7 Å². The molecule has 0 heterocycles. The molecular weight excluding hydrogens is 260 g/mol. The Morgan fingerprint density at radius 1 is 1.53 bits per heavy atom. The number of rotatable bonds is 5. The van der Waals surface area contributed by atoms with E-state index in [4.69, 9.17) is 0 Å². The Bertz CT molecular complexity index is 355. The molecule has 1 aromatic rings. The van der Waals surface area contributed by atoms with E-state index in [0.717, 1.165) is 23.1 Å². The molecule has 0 spiro atoms. The van der Waals surface area contributed by atoms with Crippen molar-refractivity contribution < 1.29 is 4.92 Å². The molecule has 0 radical (unpaired) electrons. The van der Waals surface area contributed by atoms with Crippen LogP contribution in [0.4, 0.5) is 5.69 Å². The molecule has 1 rings (SSSR count). The van der Waals surface area contributed by atoms with Gasteiger partial charge in [0, 0.05) is 16.1 Å². The van der Waals surface area contributed by atoms with Crippen molar-refractivity contribution in [2.24, 2.45) is 0 Å². The molecule has 0 saturated heterocycles. The highest BCUT2D eigenvalue weighted by Gasteiger charge is 2.13. The second-order valence-corrected chi connectivity index (χ2v) is 4.05. The Morgan fingerprint density at radius 2 is 2.27 bits per heavy atom. The standard InChI is InChI=1S/C10H13BrN2O2/c1-2-12-6-5-8-3-4-9(11)7-10(8)13(14)15/h3-4,7,12H,2,5-6H2,1H3. The normalized spacial score (nSPS) is 10.3. The van der Waals surface area contributed by atoms with Gasteiger partial charge in [0.25, 0.3) is 5.69 Å². The van der Waals surface area contributed by atoms with Gasteiger partial charge >= 0.3 is 0 Å². The van der Waals surface area contributed by atoms with Gasteiger partial charge in [-0.2, -0.15) is 0 Å². The summed E-state index contributed by atoms with van der Waals surface area (Å²) in [6.07, 6.45) is 0.678. The first kappa shape index (κ1) is 12.1. The van der Waals surface area contributed by atoms with Crippen LogP contribution in [-0.4, -0.2) is 18.0 Å². The van der Waals surface area contributed by atoms with E-state index in [2.05, 4.69) is 21.2 Å². The largest absolute Gasteiger partial charge is 0.317 e. The monoisotopic (exact) mass is 272 g/mol. The minimum atomic E-state index is -0.341. The maximum absolute atomic E-state index is 10.8. The molecule has 0 aliphatic rings. The first-order valence-corrected chi connectivity index (χ1v) is 5.58. The molecule has 0 atom stereocenters. The first-order chi connectivity index (χ1) is 7.15. The Morgan fingerprint density at radius 3 is 2.87 bits per heavy atom. The number of likely N-dealkylation sites (N-methyl/N-ethyl adjacent to an activating group) is 1. The average Bonchev–Trinajstić information content (AvgIpc) is 2.20. The Hall–Kier alpha value is -0.940. The van der Waals surface area contributed by atoms with Crippen LogP contribution in [0.25, 0.3) is 0 Å². The number of halogens is 1. The fourth-order valence-electron chi connectivity index (χ4n) is 1.32. The van der Waals surface area contributed by atoms with Crippen molar-refractivity contribution in [1.29, 1.82) is 0 Å². The quantitative estimate of drug-likeness (QED) is 0.509. The first-order valence-electron chi connectivity index (χ1n) is 4.78. The highest BCUT2D eigenvalue weighted by molar-refractivity contribution is 9.10. The molecule has 1 aromatic carbocycles. The zero-order valence-corrected chi connectivity index (χ0v) is 10.1. The molecule has 1 N–H and O–H groups in total. The summed E-state index contributed by atoms with van der Waals surface area (Å²) in [5, 5.41) is 13.9. The molecule has 0 unspecified atom stereocenters. The van der Waals surface area contributed by atoms with Crippen molar-refractivity contribution in [3.05, 3.63) is 38.3 Å². The third kappa shape index (κ3) is 3.60. The predicted molar refractivity (Wildman–Crippen MR) is 63.0 cm³/mol. The Balaban J connectivity index is 2.81. The maximum atomic E-state index is 10.8.